The molecule has 1 atom stereocenters. The second-order valence-corrected chi connectivity index (χ2v) is 4.27. The summed E-state index contributed by atoms with van der Waals surface area (Å²) in [6, 6.07) is 8.85. The van der Waals surface area contributed by atoms with Gasteiger partial charge in [0.2, 0.25) is 11.8 Å². The molecule has 1 aromatic carbocycles. The summed E-state index contributed by atoms with van der Waals surface area (Å²) in [5.41, 5.74) is 0.978. The van der Waals surface area contributed by atoms with E-state index >= 15 is 0 Å². The molecular weight excluding hydrogens is 272 g/mol. The Morgan fingerprint density at radius 1 is 1.10 bits per heavy atom. The maximum atomic E-state index is 11.4. The number of amides is 2. The third kappa shape index (κ3) is 9.21. The van der Waals surface area contributed by atoms with Gasteiger partial charge in [0.05, 0.1) is 7.11 Å². The zero-order valence-corrected chi connectivity index (χ0v) is 12.8. The molecule has 0 saturated heterocycles. The largest absolute Gasteiger partial charge is 0.467 e. The van der Waals surface area contributed by atoms with Crippen LogP contribution >= 0.6 is 0 Å². The molecule has 0 aliphatic heterocycles. The molecular formula is C15H22N2O4. The Balaban J connectivity index is 0.000000690. The zero-order chi connectivity index (χ0) is 16.3. The van der Waals surface area contributed by atoms with Crippen LogP contribution in [0.5, 0.6) is 0 Å². The predicted molar refractivity (Wildman–Crippen MR) is 79.5 cm³/mol. The van der Waals surface area contributed by atoms with E-state index in [-0.39, 0.29) is 11.8 Å². The summed E-state index contributed by atoms with van der Waals surface area (Å²) >= 11 is 0. The summed E-state index contributed by atoms with van der Waals surface area (Å²) in [7, 11) is 2.91. The van der Waals surface area contributed by atoms with Crippen LogP contribution in [0.1, 0.15) is 19.4 Å². The number of esters is 1. The van der Waals surface area contributed by atoms with Crippen molar-refractivity contribution in [2.75, 3.05) is 14.2 Å². The van der Waals surface area contributed by atoms with Crippen molar-refractivity contribution in [3.63, 3.8) is 0 Å². The minimum atomic E-state index is -0.620. The van der Waals surface area contributed by atoms with Crippen LogP contribution in [0.2, 0.25) is 0 Å². The Morgan fingerprint density at radius 3 is 2.00 bits per heavy atom. The summed E-state index contributed by atoms with van der Waals surface area (Å²) < 4.78 is 4.63. The molecule has 1 aromatic rings. The van der Waals surface area contributed by atoms with Crippen molar-refractivity contribution < 1.29 is 19.1 Å². The average Bonchev–Trinajstić information content (AvgIpc) is 2.47. The van der Waals surface area contributed by atoms with Crippen molar-refractivity contribution in [3.05, 3.63) is 35.9 Å². The third-order valence-electron chi connectivity index (χ3n) is 2.50. The number of benzene rings is 1. The monoisotopic (exact) mass is 294 g/mol. The molecule has 1 unspecified atom stereocenters. The highest BCUT2D eigenvalue weighted by Crippen LogP contribution is 2.04. The number of carbonyl (C=O) groups excluding carboxylic acids is 3. The van der Waals surface area contributed by atoms with Crippen molar-refractivity contribution in [1.82, 2.24) is 10.6 Å². The van der Waals surface area contributed by atoms with E-state index in [0.29, 0.717) is 6.42 Å². The maximum absolute atomic E-state index is 11.4. The molecule has 0 aliphatic carbocycles. The highest BCUT2D eigenvalue weighted by atomic mass is 16.5. The van der Waals surface area contributed by atoms with Crippen molar-refractivity contribution in [2.24, 2.45) is 0 Å². The van der Waals surface area contributed by atoms with Crippen LogP contribution in [-0.2, 0) is 25.5 Å². The van der Waals surface area contributed by atoms with Gasteiger partial charge in [0.25, 0.3) is 0 Å². The number of methoxy groups -OCH3 is 1. The summed E-state index contributed by atoms with van der Waals surface area (Å²) in [6.45, 7) is 2.85. The summed E-state index contributed by atoms with van der Waals surface area (Å²) in [5, 5.41) is 4.95. The lowest BCUT2D eigenvalue weighted by Crippen LogP contribution is -2.41. The number of rotatable bonds is 4. The molecule has 0 aromatic heterocycles. The fourth-order valence-electron chi connectivity index (χ4n) is 1.43. The lowest BCUT2D eigenvalue weighted by atomic mass is 10.1. The molecule has 1 rings (SSSR count). The SMILES string of the molecule is CNC(C)=O.COC(=O)C(Cc1ccccc1)NC(C)=O. The highest BCUT2D eigenvalue weighted by molar-refractivity contribution is 5.83. The molecule has 2 amide bonds. The van der Waals surface area contributed by atoms with Crippen molar-refractivity contribution >= 4 is 17.8 Å². The number of nitrogens with one attached hydrogen (secondary N) is 2. The molecule has 0 spiro atoms. The molecule has 0 aliphatic rings. The predicted octanol–water partition coefficient (Wildman–Crippen LogP) is 0.659. The van der Waals surface area contributed by atoms with Gasteiger partial charge in [-0.25, -0.2) is 4.79 Å². The molecule has 21 heavy (non-hydrogen) atoms. The lowest BCUT2D eigenvalue weighted by Gasteiger charge is -2.15. The molecule has 0 heterocycles. The summed E-state index contributed by atoms with van der Waals surface area (Å²) in [4.78, 5) is 32.1. The smallest absolute Gasteiger partial charge is 0.328 e. The molecule has 0 saturated carbocycles. The van der Waals surface area contributed by atoms with Gasteiger partial charge >= 0.3 is 5.97 Å². The van der Waals surface area contributed by atoms with E-state index in [9.17, 15) is 14.4 Å². The highest BCUT2D eigenvalue weighted by Gasteiger charge is 2.20. The Hall–Kier alpha value is -2.37. The minimum absolute atomic E-state index is 0.00463. The first-order valence-electron chi connectivity index (χ1n) is 6.47. The van der Waals surface area contributed by atoms with Gasteiger partial charge in [-0.2, -0.15) is 0 Å². The van der Waals surface area contributed by atoms with Crippen LogP contribution in [-0.4, -0.2) is 38.0 Å². The minimum Gasteiger partial charge on any atom is -0.467 e. The molecule has 0 radical (unpaired) electrons. The van der Waals surface area contributed by atoms with Gasteiger partial charge in [0, 0.05) is 27.3 Å². The fourth-order valence-corrected chi connectivity index (χ4v) is 1.43. The zero-order valence-electron chi connectivity index (χ0n) is 12.8. The van der Waals surface area contributed by atoms with E-state index in [2.05, 4.69) is 15.4 Å². The Bertz CT molecular complexity index is 460. The number of carbonyl (C=O) groups is 3. The van der Waals surface area contributed by atoms with E-state index in [1.807, 2.05) is 30.3 Å². The summed E-state index contributed by atoms with van der Waals surface area (Å²) in [5.74, 6) is -0.671. The van der Waals surface area contributed by atoms with Gasteiger partial charge in [-0.1, -0.05) is 30.3 Å². The fraction of sp³-hybridized carbons (Fsp3) is 0.400. The second kappa shape index (κ2) is 10.4. The van der Waals surface area contributed by atoms with Crippen molar-refractivity contribution in [1.29, 1.82) is 0 Å². The van der Waals surface area contributed by atoms with Gasteiger partial charge in [-0.15, -0.1) is 0 Å². The first kappa shape index (κ1) is 18.6. The normalized spacial score (nSPS) is 10.5. The topological polar surface area (TPSA) is 84.5 Å². The van der Waals surface area contributed by atoms with E-state index in [0.717, 1.165) is 5.56 Å². The molecule has 6 nitrogen and oxygen atoms in total. The van der Waals surface area contributed by atoms with E-state index in [1.165, 1.54) is 21.0 Å². The van der Waals surface area contributed by atoms with Gasteiger partial charge in [0.1, 0.15) is 6.04 Å². The van der Waals surface area contributed by atoms with Crippen LogP contribution < -0.4 is 10.6 Å². The number of hydrogen-bond donors (Lipinski definition) is 2. The van der Waals surface area contributed by atoms with Gasteiger partial charge in [0.15, 0.2) is 0 Å². The molecule has 6 heteroatoms. The maximum Gasteiger partial charge on any atom is 0.328 e. The number of hydrogen-bond acceptors (Lipinski definition) is 4. The Kier molecular flexibility index (Phi) is 9.25. The summed E-state index contributed by atoms with van der Waals surface area (Å²) in [6.07, 6.45) is 0.438. The molecule has 2 N–H and O–H groups in total. The average molecular weight is 294 g/mol. The van der Waals surface area contributed by atoms with Crippen LogP contribution in [0, 0.1) is 0 Å². The number of ether oxygens (including phenoxy) is 1. The third-order valence-corrected chi connectivity index (χ3v) is 2.50. The first-order chi connectivity index (χ1) is 9.90. The van der Waals surface area contributed by atoms with Crippen molar-refractivity contribution in [2.45, 2.75) is 26.3 Å². The molecule has 116 valence electrons. The Labute approximate surface area is 124 Å². The van der Waals surface area contributed by atoms with E-state index in [4.69, 9.17) is 0 Å². The Morgan fingerprint density at radius 2 is 1.62 bits per heavy atom. The van der Waals surface area contributed by atoms with Gasteiger partial charge in [-0.05, 0) is 5.56 Å². The quantitative estimate of drug-likeness (QED) is 0.799. The van der Waals surface area contributed by atoms with Gasteiger partial charge < -0.3 is 15.4 Å². The standard InChI is InChI=1S/C12H15NO3.C3H7NO/c1-9(14)13-11(12(15)16-2)8-10-6-4-3-5-7-10;1-3(5)4-2/h3-7,11H,8H2,1-2H3,(H,13,14);1-2H3,(H,4,5). The first-order valence-corrected chi connectivity index (χ1v) is 6.47. The van der Waals surface area contributed by atoms with Crippen LogP contribution in [0.3, 0.4) is 0 Å². The van der Waals surface area contributed by atoms with Crippen LogP contribution in [0.15, 0.2) is 30.3 Å². The lowest BCUT2D eigenvalue weighted by molar-refractivity contribution is -0.144. The van der Waals surface area contributed by atoms with Crippen LogP contribution in [0.4, 0.5) is 0 Å². The van der Waals surface area contributed by atoms with Crippen molar-refractivity contribution in [3.8, 4) is 0 Å². The van der Waals surface area contributed by atoms with Gasteiger partial charge in [-0.3, -0.25) is 9.59 Å². The molecule has 0 fully saturated rings. The van der Waals surface area contributed by atoms with Crippen LogP contribution in [0.25, 0.3) is 0 Å². The second-order valence-electron chi connectivity index (χ2n) is 4.27. The van der Waals surface area contributed by atoms with E-state index in [1.54, 1.807) is 7.05 Å². The van der Waals surface area contributed by atoms with E-state index < -0.39 is 12.0 Å². The molecule has 0 bridgehead atoms.